The molecule has 5 heterocycles. The second-order valence-corrected chi connectivity index (χ2v) is 10.4. The minimum absolute atomic E-state index is 0.0320. The van der Waals surface area contributed by atoms with Crippen molar-refractivity contribution in [2.75, 3.05) is 22.9 Å². The lowest BCUT2D eigenvalue weighted by atomic mass is 10.0. The molecule has 6 rings (SSSR count). The van der Waals surface area contributed by atoms with E-state index in [2.05, 4.69) is 33.2 Å². The summed E-state index contributed by atoms with van der Waals surface area (Å²) in [6.45, 7) is 2.86. The van der Waals surface area contributed by atoms with Gasteiger partial charge in [0.15, 0.2) is 5.82 Å². The van der Waals surface area contributed by atoms with Crippen molar-refractivity contribution >= 4 is 33.1 Å². The Bertz CT molecular complexity index is 1580. The first-order valence-electron chi connectivity index (χ1n) is 11.1. The van der Waals surface area contributed by atoms with E-state index in [1.54, 1.807) is 16.8 Å². The third-order valence-corrected chi connectivity index (χ3v) is 8.63. The van der Waals surface area contributed by atoms with Gasteiger partial charge in [0.05, 0.1) is 27.9 Å². The van der Waals surface area contributed by atoms with Crippen LogP contribution in [-0.4, -0.2) is 41.8 Å². The minimum atomic E-state index is -0.265. The van der Waals surface area contributed by atoms with E-state index in [-0.39, 0.29) is 33.6 Å². The number of nitriles is 1. The first-order chi connectivity index (χ1) is 16.6. The van der Waals surface area contributed by atoms with Crippen molar-refractivity contribution in [3.63, 3.8) is 0 Å². The second-order valence-electron chi connectivity index (χ2n) is 8.27. The Morgan fingerprint density at radius 1 is 1.24 bits per heavy atom. The number of nitrogens with zero attached hydrogens (tertiary/aromatic N) is 7. The van der Waals surface area contributed by atoms with Gasteiger partial charge in [-0.15, -0.1) is 0 Å². The van der Waals surface area contributed by atoms with Crippen LogP contribution in [0.3, 0.4) is 0 Å². The molecule has 1 fully saturated rings. The average Bonchev–Trinajstić information content (AvgIpc) is 3.43. The summed E-state index contributed by atoms with van der Waals surface area (Å²) in [7, 11) is -0.0320. The van der Waals surface area contributed by atoms with E-state index in [0.717, 1.165) is 41.5 Å². The van der Waals surface area contributed by atoms with Crippen LogP contribution in [0.5, 0.6) is 0 Å². The highest BCUT2D eigenvalue weighted by Gasteiger charge is 2.38. The number of benzene rings is 1. The number of nitrogen functional groups attached to an aromatic ring is 1. The Balaban J connectivity index is 1.57. The fourth-order valence-electron chi connectivity index (χ4n) is 4.80. The van der Waals surface area contributed by atoms with Crippen molar-refractivity contribution in [2.45, 2.75) is 30.7 Å². The fraction of sp³-hybridized carbons (Fsp3) is 0.250. The monoisotopic (exact) mass is 470 g/mol. The summed E-state index contributed by atoms with van der Waals surface area (Å²) in [5.74, 6) is 2.75. The molecule has 0 bridgehead atoms. The van der Waals surface area contributed by atoms with Gasteiger partial charge in [-0.05, 0) is 43.7 Å². The summed E-state index contributed by atoms with van der Waals surface area (Å²) >= 11 is 0. The summed E-state index contributed by atoms with van der Waals surface area (Å²) in [5, 5.41) is 16.6. The van der Waals surface area contributed by atoms with E-state index in [9.17, 15) is 10.1 Å². The Labute approximate surface area is 198 Å². The molecule has 2 aliphatic heterocycles. The van der Waals surface area contributed by atoms with Gasteiger partial charge < -0.3 is 10.6 Å². The van der Waals surface area contributed by atoms with Crippen LogP contribution in [0.4, 0.5) is 11.8 Å². The molecule has 1 aromatic carbocycles. The van der Waals surface area contributed by atoms with E-state index < -0.39 is 0 Å². The quantitative estimate of drug-likeness (QED) is 0.457. The van der Waals surface area contributed by atoms with Crippen LogP contribution in [0.15, 0.2) is 52.3 Å². The number of hydrogen-bond acceptors (Lipinski definition) is 7. The molecule has 1 saturated heterocycles. The largest absolute Gasteiger partial charge is 0.368 e. The lowest BCUT2D eigenvalue weighted by Gasteiger charge is -2.42. The van der Waals surface area contributed by atoms with Crippen molar-refractivity contribution in [3.05, 3.63) is 70.0 Å². The molecule has 0 aliphatic carbocycles. The van der Waals surface area contributed by atoms with Crippen molar-refractivity contribution in [1.29, 1.82) is 5.26 Å². The van der Waals surface area contributed by atoms with Crippen LogP contribution >= 0.6 is 10.5 Å². The fourth-order valence-corrected chi connectivity index (χ4v) is 6.74. The molecule has 0 spiro atoms. The molecule has 10 heteroatoms. The smallest absolute Gasteiger partial charge is 0.283 e. The van der Waals surface area contributed by atoms with Crippen LogP contribution in [0.2, 0.25) is 0 Å². The van der Waals surface area contributed by atoms with Gasteiger partial charge in [-0.2, -0.15) is 25.8 Å². The van der Waals surface area contributed by atoms with Crippen LogP contribution in [0.1, 0.15) is 36.5 Å². The molecule has 0 amide bonds. The van der Waals surface area contributed by atoms with Gasteiger partial charge in [0, 0.05) is 12.7 Å². The van der Waals surface area contributed by atoms with Gasteiger partial charge in [0.1, 0.15) is 17.4 Å². The number of para-hydroxylation sites is 1. The minimum Gasteiger partial charge on any atom is -0.368 e. The molecule has 2 atom stereocenters. The molecule has 1 unspecified atom stereocenters. The highest BCUT2D eigenvalue weighted by molar-refractivity contribution is 8.15. The number of nitrogens with two attached hydrogens (primary N) is 1. The molecule has 4 aromatic rings. The first kappa shape index (κ1) is 20.6. The maximum Gasteiger partial charge on any atom is 0.283 e. The Hall–Kier alpha value is -3.97. The third-order valence-electron chi connectivity index (χ3n) is 6.48. The van der Waals surface area contributed by atoms with Crippen molar-refractivity contribution in [3.8, 4) is 11.8 Å². The van der Waals surface area contributed by atoms with Gasteiger partial charge in [-0.25, -0.2) is 9.50 Å². The molecule has 34 heavy (non-hydrogen) atoms. The van der Waals surface area contributed by atoms with Crippen LogP contribution in [0.25, 0.3) is 11.2 Å². The van der Waals surface area contributed by atoms with Crippen molar-refractivity contribution < 1.29 is 0 Å². The van der Waals surface area contributed by atoms with E-state index in [0.29, 0.717) is 17.1 Å². The van der Waals surface area contributed by atoms with Gasteiger partial charge in [0.25, 0.3) is 5.56 Å². The molecule has 3 aromatic heterocycles. The number of rotatable bonds is 3. The normalized spacial score (nSPS) is 19.2. The topological polar surface area (TPSA) is 118 Å². The Morgan fingerprint density at radius 3 is 2.76 bits per heavy atom. The summed E-state index contributed by atoms with van der Waals surface area (Å²) in [5.41, 5.74) is 8.14. The number of anilines is 2. The average molecular weight is 471 g/mol. The summed E-state index contributed by atoms with van der Waals surface area (Å²) in [6, 6.07) is 13.0. The zero-order chi connectivity index (χ0) is 23.4. The van der Waals surface area contributed by atoms with Gasteiger partial charge in [-0.1, -0.05) is 23.6 Å². The predicted octanol–water partition coefficient (Wildman–Crippen LogP) is 2.69. The lowest BCUT2D eigenvalue weighted by molar-refractivity contribution is 0.420. The second kappa shape index (κ2) is 7.81. The highest BCUT2D eigenvalue weighted by atomic mass is 32.2. The van der Waals surface area contributed by atoms with E-state index in [4.69, 9.17) is 10.8 Å². The van der Waals surface area contributed by atoms with Crippen LogP contribution in [0, 0.1) is 11.3 Å². The summed E-state index contributed by atoms with van der Waals surface area (Å²) < 4.78 is 3.15. The molecule has 9 nitrogen and oxygen atoms in total. The molecular weight excluding hydrogens is 448 g/mol. The van der Waals surface area contributed by atoms with Crippen molar-refractivity contribution in [2.24, 2.45) is 0 Å². The molecule has 0 radical (unpaired) electrons. The van der Waals surface area contributed by atoms with E-state index in [1.807, 2.05) is 30.3 Å². The maximum atomic E-state index is 13.7. The summed E-state index contributed by atoms with van der Waals surface area (Å²) in [4.78, 5) is 26.2. The summed E-state index contributed by atoms with van der Waals surface area (Å²) in [6.07, 6.45) is 3.38. The van der Waals surface area contributed by atoms with Gasteiger partial charge in [-0.3, -0.25) is 9.36 Å². The third kappa shape index (κ3) is 2.97. The number of aromatic nitrogens is 5. The molecule has 0 saturated carbocycles. The Morgan fingerprint density at radius 2 is 2.06 bits per heavy atom. The van der Waals surface area contributed by atoms with E-state index in [1.165, 1.54) is 4.52 Å². The number of aryl methyl sites for hydroxylation is 1. The van der Waals surface area contributed by atoms with E-state index >= 15 is 0 Å². The molecule has 2 N–H and O–H groups in total. The highest BCUT2D eigenvalue weighted by Crippen LogP contribution is 2.47. The van der Waals surface area contributed by atoms with Gasteiger partial charge >= 0.3 is 0 Å². The van der Waals surface area contributed by atoms with Crippen LogP contribution < -0.4 is 16.2 Å². The maximum absolute atomic E-state index is 13.7. The first-order valence-corrected chi connectivity index (χ1v) is 12.6. The van der Waals surface area contributed by atoms with Crippen molar-refractivity contribution in [1.82, 2.24) is 24.1 Å². The number of hydrogen-bond donors (Lipinski definition) is 1. The Kier molecular flexibility index (Phi) is 4.74. The molecule has 2 aliphatic rings. The predicted molar refractivity (Wildman–Crippen MR) is 133 cm³/mol. The zero-order valence-electron chi connectivity index (χ0n) is 18.5. The van der Waals surface area contributed by atoms with Gasteiger partial charge in [0.2, 0.25) is 5.95 Å². The SMILES string of the molecule is C/C=S1/CCc2nc(N)nc(N3CC[C@H]3c3nn4ccc(C#N)c4c(=O)n3-c3ccccc3)c21. The standard InChI is InChI=1S/C24H22N8OS/c1-2-34-13-10-17-20(34)22(28-24(26)27-17)30-11-9-18(30)21-29-31-12-8-15(14-25)19(31)23(33)32(21)16-6-4-3-5-7-16/h2-8,12,18H,9-11,13H2,1H3,(H2,26,27,28)/t18-,34?/m0/s1. The lowest BCUT2D eigenvalue weighted by Crippen LogP contribution is -2.45. The number of fused-ring (bicyclic) bond motifs is 2. The zero-order valence-corrected chi connectivity index (χ0v) is 19.4. The molecular formula is C24H22N8OS. The van der Waals surface area contributed by atoms with Crippen LogP contribution in [-0.2, 0) is 6.42 Å². The molecule has 170 valence electrons.